The summed E-state index contributed by atoms with van der Waals surface area (Å²) < 4.78 is 5.14. The molecule has 0 N–H and O–H groups in total. The number of hydrogen-bond donors (Lipinski definition) is 0. The summed E-state index contributed by atoms with van der Waals surface area (Å²) in [5, 5.41) is 10.5. The minimum atomic E-state index is -0.488. The van der Waals surface area contributed by atoms with E-state index in [1.54, 1.807) is 19.1 Å². The number of rotatable bonds is 4. The van der Waals surface area contributed by atoms with Crippen molar-refractivity contribution in [3.63, 3.8) is 0 Å². The zero-order valence-electron chi connectivity index (χ0n) is 8.60. The molecule has 16 heavy (non-hydrogen) atoms. The Labute approximate surface area is 101 Å². The minimum absolute atomic E-state index is 0.0207. The van der Waals surface area contributed by atoms with E-state index < -0.39 is 4.92 Å². The van der Waals surface area contributed by atoms with Gasteiger partial charge in [0.2, 0.25) is 0 Å². The van der Waals surface area contributed by atoms with Crippen LogP contribution in [0.15, 0.2) is 22.7 Å². The van der Waals surface area contributed by atoms with Crippen LogP contribution in [0.2, 0.25) is 0 Å². The van der Waals surface area contributed by atoms with Crippen molar-refractivity contribution in [3.8, 4) is 0 Å². The molecule has 0 unspecified atom stereocenters. The standard InChI is InChI=1S/C10H10BrNO4/c1-2-16-10(13)6-7-3-4-9(12(14)15)8(11)5-7/h3-5H,2,6H2,1H3. The lowest BCUT2D eigenvalue weighted by atomic mass is 10.1. The molecule has 0 amide bonds. The third kappa shape index (κ3) is 3.30. The van der Waals surface area contributed by atoms with Gasteiger partial charge in [-0.15, -0.1) is 0 Å². The number of nitro benzene ring substituents is 1. The molecule has 0 bridgehead atoms. The number of hydrogen-bond acceptors (Lipinski definition) is 4. The fourth-order valence-corrected chi connectivity index (χ4v) is 1.76. The van der Waals surface area contributed by atoms with Crippen molar-refractivity contribution in [2.75, 3.05) is 6.61 Å². The number of nitrogens with zero attached hydrogens (tertiary/aromatic N) is 1. The maximum absolute atomic E-state index is 11.2. The van der Waals surface area contributed by atoms with E-state index in [0.29, 0.717) is 16.6 Å². The zero-order valence-corrected chi connectivity index (χ0v) is 10.2. The lowest BCUT2D eigenvalue weighted by molar-refractivity contribution is -0.385. The Bertz CT molecular complexity index is 419. The van der Waals surface area contributed by atoms with Crippen LogP contribution >= 0.6 is 15.9 Å². The first kappa shape index (κ1) is 12.6. The number of halogens is 1. The van der Waals surface area contributed by atoms with Crippen molar-refractivity contribution in [1.82, 2.24) is 0 Å². The van der Waals surface area contributed by atoms with E-state index in [9.17, 15) is 14.9 Å². The summed E-state index contributed by atoms with van der Waals surface area (Å²) in [6.45, 7) is 2.05. The molecule has 0 saturated heterocycles. The normalized spacial score (nSPS) is 9.88. The molecule has 0 spiro atoms. The van der Waals surface area contributed by atoms with E-state index in [-0.39, 0.29) is 18.1 Å². The van der Waals surface area contributed by atoms with Crippen LogP contribution < -0.4 is 0 Å². The van der Waals surface area contributed by atoms with Crippen molar-refractivity contribution < 1.29 is 14.5 Å². The average Bonchev–Trinajstić information content (AvgIpc) is 2.17. The molecular formula is C10H10BrNO4. The van der Waals surface area contributed by atoms with Gasteiger partial charge in [0.25, 0.3) is 5.69 Å². The monoisotopic (exact) mass is 287 g/mol. The van der Waals surface area contributed by atoms with E-state index >= 15 is 0 Å². The van der Waals surface area contributed by atoms with Crippen LogP contribution in [0.3, 0.4) is 0 Å². The molecule has 1 aromatic carbocycles. The smallest absolute Gasteiger partial charge is 0.310 e. The van der Waals surface area contributed by atoms with Gasteiger partial charge in [-0.3, -0.25) is 14.9 Å². The molecule has 6 heteroatoms. The molecule has 0 heterocycles. The van der Waals surface area contributed by atoms with Gasteiger partial charge in [-0.2, -0.15) is 0 Å². The number of carbonyl (C=O) groups is 1. The van der Waals surface area contributed by atoms with Crippen molar-refractivity contribution >= 4 is 27.6 Å². The predicted octanol–water partition coefficient (Wildman–Crippen LogP) is 2.46. The third-order valence-electron chi connectivity index (χ3n) is 1.86. The number of esters is 1. The second-order valence-electron chi connectivity index (χ2n) is 3.02. The van der Waals surface area contributed by atoms with Gasteiger partial charge in [-0.25, -0.2) is 0 Å². The molecule has 0 atom stereocenters. The number of carbonyl (C=O) groups excluding carboxylic acids is 1. The Kier molecular flexibility index (Phi) is 4.42. The van der Waals surface area contributed by atoms with Crippen molar-refractivity contribution in [2.45, 2.75) is 13.3 Å². The third-order valence-corrected chi connectivity index (χ3v) is 2.50. The fraction of sp³-hybridized carbons (Fsp3) is 0.300. The van der Waals surface area contributed by atoms with Gasteiger partial charge in [0.15, 0.2) is 0 Å². The molecular weight excluding hydrogens is 278 g/mol. The highest BCUT2D eigenvalue weighted by atomic mass is 79.9. The van der Waals surface area contributed by atoms with E-state index in [0.717, 1.165) is 0 Å². The summed E-state index contributed by atoms with van der Waals surface area (Å²) in [6, 6.07) is 4.45. The quantitative estimate of drug-likeness (QED) is 0.485. The van der Waals surface area contributed by atoms with Crippen LogP contribution in [0.25, 0.3) is 0 Å². The SMILES string of the molecule is CCOC(=O)Cc1ccc([N+](=O)[O-])c(Br)c1. The van der Waals surface area contributed by atoms with E-state index in [1.165, 1.54) is 6.07 Å². The summed E-state index contributed by atoms with van der Waals surface area (Å²) in [4.78, 5) is 21.2. The average molecular weight is 288 g/mol. The van der Waals surface area contributed by atoms with Gasteiger partial charge in [-0.05, 0) is 34.5 Å². The molecule has 0 aliphatic carbocycles. The van der Waals surface area contributed by atoms with E-state index in [4.69, 9.17) is 4.74 Å². The van der Waals surface area contributed by atoms with Gasteiger partial charge in [0.05, 0.1) is 22.4 Å². The maximum Gasteiger partial charge on any atom is 0.310 e. The predicted molar refractivity (Wildman–Crippen MR) is 61.1 cm³/mol. The second kappa shape index (κ2) is 5.60. The Morgan fingerprint density at radius 3 is 2.75 bits per heavy atom. The lowest BCUT2D eigenvalue weighted by Crippen LogP contribution is -2.07. The number of benzene rings is 1. The van der Waals surface area contributed by atoms with Gasteiger partial charge in [0.1, 0.15) is 0 Å². The Hall–Kier alpha value is -1.43. The Morgan fingerprint density at radius 1 is 1.56 bits per heavy atom. The summed E-state index contributed by atoms with van der Waals surface area (Å²) in [5.74, 6) is -0.344. The van der Waals surface area contributed by atoms with E-state index in [1.807, 2.05) is 0 Å². The van der Waals surface area contributed by atoms with Crippen LogP contribution in [0.5, 0.6) is 0 Å². The van der Waals surface area contributed by atoms with Gasteiger partial charge >= 0.3 is 5.97 Å². The van der Waals surface area contributed by atoms with Crippen molar-refractivity contribution in [1.29, 1.82) is 0 Å². The lowest BCUT2D eigenvalue weighted by Gasteiger charge is -2.02. The molecule has 1 rings (SSSR count). The molecule has 86 valence electrons. The van der Waals surface area contributed by atoms with Crippen LogP contribution in [0.4, 0.5) is 5.69 Å². The first-order valence-corrected chi connectivity index (χ1v) is 5.42. The van der Waals surface area contributed by atoms with Crippen LogP contribution in [0.1, 0.15) is 12.5 Å². The van der Waals surface area contributed by atoms with Crippen LogP contribution in [-0.2, 0) is 16.0 Å². The van der Waals surface area contributed by atoms with Gasteiger partial charge in [0, 0.05) is 6.07 Å². The summed E-state index contributed by atoms with van der Waals surface area (Å²) in [6.07, 6.45) is 0.116. The highest BCUT2D eigenvalue weighted by molar-refractivity contribution is 9.10. The van der Waals surface area contributed by atoms with Gasteiger partial charge < -0.3 is 4.74 Å². The highest BCUT2D eigenvalue weighted by Crippen LogP contribution is 2.25. The second-order valence-corrected chi connectivity index (χ2v) is 3.88. The van der Waals surface area contributed by atoms with Crippen molar-refractivity contribution in [2.24, 2.45) is 0 Å². The first-order chi connectivity index (χ1) is 7.54. The zero-order chi connectivity index (χ0) is 12.1. The molecule has 0 aromatic heterocycles. The minimum Gasteiger partial charge on any atom is -0.466 e. The molecule has 0 aliphatic heterocycles. The van der Waals surface area contributed by atoms with Gasteiger partial charge in [-0.1, -0.05) is 6.07 Å². The molecule has 5 nitrogen and oxygen atoms in total. The summed E-state index contributed by atoms with van der Waals surface area (Å²) in [5.41, 5.74) is 0.656. The van der Waals surface area contributed by atoms with Crippen molar-refractivity contribution in [3.05, 3.63) is 38.3 Å². The Morgan fingerprint density at radius 2 is 2.25 bits per heavy atom. The molecule has 0 radical (unpaired) electrons. The molecule has 0 aliphatic rings. The first-order valence-electron chi connectivity index (χ1n) is 4.63. The van der Waals surface area contributed by atoms with Crippen LogP contribution in [-0.4, -0.2) is 17.5 Å². The molecule has 0 fully saturated rings. The maximum atomic E-state index is 11.2. The largest absolute Gasteiger partial charge is 0.466 e. The number of ether oxygens (including phenoxy) is 1. The Balaban J connectivity index is 2.81. The molecule has 1 aromatic rings. The topological polar surface area (TPSA) is 69.4 Å². The summed E-state index contributed by atoms with van der Waals surface area (Å²) in [7, 11) is 0. The number of nitro groups is 1. The van der Waals surface area contributed by atoms with E-state index in [2.05, 4.69) is 15.9 Å². The fourth-order valence-electron chi connectivity index (χ4n) is 1.19. The summed E-state index contributed by atoms with van der Waals surface area (Å²) >= 11 is 3.08. The highest BCUT2D eigenvalue weighted by Gasteiger charge is 2.13. The molecule has 0 saturated carbocycles. The van der Waals surface area contributed by atoms with Crippen LogP contribution in [0, 0.1) is 10.1 Å².